The van der Waals surface area contributed by atoms with Crippen LogP contribution < -0.4 is 9.47 Å². The molecule has 0 aliphatic rings. The molecule has 3 aromatic rings. The van der Waals surface area contributed by atoms with Crippen molar-refractivity contribution in [1.82, 2.24) is 4.57 Å². The van der Waals surface area contributed by atoms with Gasteiger partial charge >= 0.3 is 11.9 Å². The third-order valence-electron chi connectivity index (χ3n) is 3.45. The second kappa shape index (κ2) is 7.16. The molecular weight excluding hydrogens is 358 g/mol. The zero-order valence-corrected chi connectivity index (χ0v) is 15.3. The van der Waals surface area contributed by atoms with E-state index in [4.69, 9.17) is 21.7 Å². The van der Waals surface area contributed by atoms with Crippen LogP contribution in [-0.2, 0) is 16.1 Å². The van der Waals surface area contributed by atoms with Crippen LogP contribution in [-0.4, -0.2) is 16.5 Å². The van der Waals surface area contributed by atoms with E-state index in [0.29, 0.717) is 27.6 Å². The van der Waals surface area contributed by atoms with Gasteiger partial charge in [0.15, 0.2) is 3.95 Å². The lowest BCUT2D eigenvalue weighted by molar-refractivity contribution is -0.133. The molecule has 128 valence electrons. The summed E-state index contributed by atoms with van der Waals surface area (Å²) in [5.74, 6) is -0.0194. The summed E-state index contributed by atoms with van der Waals surface area (Å²) in [6, 6.07) is 12.8. The quantitative estimate of drug-likeness (QED) is 0.387. The number of rotatable bonds is 4. The number of carbonyl (C=O) groups is 2. The van der Waals surface area contributed by atoms with Gasteiger partial charge in [-0.1, -0.05) is 12.1 Å². The van der Waals surface area contributed by atoms with Crippen LogP contribution in [0.5, 0.6) is 11.5 Å². The molecule has 25 heavy (non-hydrogen) atoms. The van der Waals surface area contributed by atoms with Crippen LogP contribution in [0, 0.1) is 3.95 Å². The molecule has 0 unspecified atom stereocenters. The van der Waals surface area contributed by atoms with Crippen molar-refractivity contribution >= 4 is 45.7 Å². The SMILES string of the molecule is CC(=O)Oc1ccc(OC(C)=O)c(Cn2c(=S)sc3ccccc32)c1. The molecular formula is C18H15NO4S2. The van der Waals surface area contributed by atoms with E-state index in [-0.39, 0.29) is 0 Å². The Morgan fingerprint density at radius 2 is 1.80 bits per heavy atom. The highest BCUT2D eigenvalue weighted by Gasteiger charge is 2.13. The maximum Gasteiger partial charge on any atom is 0.308 e. The number of ether oxygens (including phenoxy) is 2. The van der Waals surface area contributed by atoms with Gasteiger partial charge in [-0.15, -0.1) is 11.3 Å². The average Bonchev–Trinajstić information content (AvgIpc) is 2.85. The van der Waals surface area contributed by atoms with E-state index in [1.165, 1.54) is 25.2 Å². The van der Waals surface area contributed by atoms with Crippen molar-refractivity contribution in [3.05, 3.63) is 52.0 Å². The lowest BCUT2D eigenvalue weighted by Crippen LogP contribution is -2.08. The summed E-state index contributed by atoms with van der Waals surface area (Å²) in [4.78, 5) is 22.6. The topological polar surface area (TPSA) is 57.5 Å². The second-order valence-corrected chi connectivity index (χ2v) is 7.05. The van der Waals surface area contributed by atoms with Gasteiger partial charge < -0.3 is 14.0 Å². The maximum absolute atomic E-state index is 11.4. The van der Waals surface area contributed by atoms with Crippen molar-refractivity contribution in [1.29, 1.82) is 0 Å². The van der Waals surface area contributed by atoms with Gasteiger partial charge in [-0.3, -0.25) is 9.59 Å². The van der Waals surface area contributed by atoms with Gasteiger partial charge in [0.1, 0.15) is 11.5 Å². The smallest absolute Gasteiger partial charge is 0.308 e. The van der Waals surface area contributed by atoms with Crippen LogP contribution in [0.3, 0.4) is 0 Å². The van der Waals surface area contributed by atoms with E-state index in [1.807, 2.05) is 28.8 Å². The number of esters is 2. The summed E-state index contributed by atoms with van der Waals surface area (Å²) in [5.41, 5.74) is 1.71. The summed E-state index contributed by atoms with van der Waals surface area (Å²) in [7, 11) is 0. The summed E-state index contributed by atoms with van der Waals surface area (Å²) in [6.45, 7) is 3.08. The molecule has 0 fully saturated rings. The number of nitrogens with zero attached hydrogens (tertiary/aromatic N) is 1. The summed E-state index contributed by atoms with van der Waals surface area (Å²) in [6.07, 6.45) is 0. The Morgan fingerprint density at radius 1 is 1.08 bits per heavy atom. The van der Waals surface area contributed by atoms with Crippen LogP contribution in [0.2, 0.25) is 0 Å². The first-order chi connectivity index (χ1) is 11.9. The van der Waals surface area contributed by atoms with Gasteiger partial charge in [0, 0.05) is 19.4 Å². The minimum absolute atomic E-state index is 0.393. The molecule has 0 atom stereocenters. The number of aromatic nitrogens is 1. The summed E-state index contributed by atoms with van der Waals surface area (Å²) < 4.78 is 14.2. The maximum atomic E-state index is 11.4. The molecule has 0 spiro atoms. The first-order valence-corrected chi connectivity index (χ1v) is 8.74. The Labute approximate surface area is 153 Å². The van der Waals surface area contributed by atoms with E-state index in [2.05, 4.69) is 0 Å². The number of thiazole rings is 1. The Bertz CT molecular complexity index is 1020. The summed E-state index contributed by atoms with van der Waals surface area (Å²) in [5, 5.41) is 0. The van der Waals surface area contributed by atoms with E-state index in [9.17, 15) is 9.59 Å². The predicted molar refractivity (Wildman–Crippen MR) is 98.8 cm³/mol. The van der Waals surface area contributed by atoms with Gasteiger partial charge in [-0.2, -0.15) is 0 Å². The Hall–Kier alpha value is -2.51. The molecule has 1 heterocycles. The van der Waals surface area contributed by atoms with Gasteiger partial charge in [0.25, 0.3) is 0 Å². The minimum atomic E-state index is -0.416. The average molecular weight is 373 g/mol. The molecule has 7 heteroatoms. The Kier molecular flexibility index (Phi) is 4.96. The Balaban J connectivity index is 2.06. The third-order valence-corrected chi connectivity index (χ3v) is 4.88. The highest BCUT2D eigenvalue weighted by molar-refractivity contribution is 7.73. The lowest BCUT2D eigenvalue weighted by Gasteiger charge is -2.12. The zero-order chi connectivity index (χ0) is 18.0. The van der Waals surface area contributed by atoms with Crippen LogP contribution >= 0.6 is 23.6 Å². The molecule has 0 saturated heterocycles. The lowest BCUT2D eigenvalue weighted by atomic mass is 10.2. The van der Waals surface area contributed by atoms with Crippen LogP contribution in [0.25, 0.3) is 10.2 Å². The number of hydrogen-bond donors (Lipinski definition) is 0. The number of carbonyl (C=O) groups excluding carboxylic acids is 2. The molecule has 0 radical (unpaired) electrons. The molecule has 0 aliphatic carbocycles. The van der Waals surface area contributed by atoms with Crippen molar-refractivity contribution in [3.8, 4) is 11.5 Å². The highest BCUT2D eigenvalue weighted by Crippen LogP contribution is 2.29. The van der Waals surface area contributed by atoms with Crippen molar-refractivity contribution < 1.29 is 19.1 Å². The van der Waals surface area contributed by atoms with E-state index >= 15 is 0 Å². The van der Waals surface area contributed by atoms with Crippen LogP contribution in [0.4, 0.5) is 0 Å². The normalized spacial score (nSPS) is 10.6. The van der Waals surface area contributed by atoms with E-state index < -0.39 is 11.9 Å². The van der Waals surface area contributed by atoms with Gasteiger partial charge in [0.05, 0.1) is 16.8 Å². The monoisotopic (exact) mass is 373 g/mol. The number of benzene rings is 2. The summed E-state index contributed by atoms with van der Waals surface area (Å²) >= 11 is 6.99. The second-order valence-electron chi connectivity index (χ2n) is 5.38. The van der Waals surface area contributed by atoms with Crippen LogP contribution in [0.15, 0.2) is 42.5 Å². The first-order valence-electron chi connectivity index (χ1n) is 7.52. The molecule has 0 amide bonds. The number of para-hydroxylation sites is 1. The third kappa shape index (κ3) is 3.94. The molecule has 1 aromatic heterocycles. The standard InChI is InChI=1S/C18H15NO4S2/c1-11(20)22-14-7-8-16(23-12(2)21)13(9-14)10-19-15-5-3-4-6-17(15)25-18(19)24/h3-9H,10H2,1-2H3. The fourth-order valence-electron chi connectivity index (χ4n) is 2.50. The van der Waals surface area contributed by atoms with Crippen molar-refractivity contribution in [2.24, 2.45) is 0 Å². The van der Waals surface area contributed by atoms with Crippen molar-refractivity contribution in [2.75, 3.05) is 0 Å². The number of fused-ring (bicyclic) bond motifs is 1. The number of hydrogen-bond acceptors (Lipinski definition) is 6. The van der Waals surface area contributed by atoms with Crippen molar-refractivity contribution in [3.63, 3.8) is 0 Å². The largest absolute Gasteiger partial charge is 0.427 e. The molecule has 0 saturated carbocycles. The predicted octanol–water partition coefficient (Wildman–Crippen LogP) is 4.33. The molecule has 0 N–H and O–H groups in total. The van der Waals surface area contributed by atoms with Crippen LogP contribution in [0.1, 0.15) is 19.4 Å². The van der Waals surface area contributed by atoms with Gasteiger partial charge in [-0.05, 0) is 42.5 Å². The molecule has 0 aliphatic heterocycles. The molecule has 2 aromatic carbocycles. The van der Waals surface area contributed by atoms with Crippen molar-refractivity contribution in [2.45, 2.75) is 20.4 Å². The van der Waals surface area contributed by atoms with Gasteiger partial charge in [-0.25, -0.2) is 0 Å². The Morgan fingerprint density at radius 3 is 2.52 bits per heavy atom. The first kappa shape index (κ1) is 17.3. The fraction of sp³-hybridized carbons (Fsp3) is 0.167. The highest BCUT2D eigenvalue weighted by atomic mass is 32.1. The van der Waals surface area contributed by atoms with E-state index in [0.717, 1.165) is 10.2 Å². The zero-order valence-electron chi connectivity index (χ0n) is 13.6. The molecule has 0 bridgehead atoms. The molecule has 5 nitrogen and oxygen atoms in total. The fourth-order valence-corrected chi connectivity index (χ4v) is 3.82. The minimum Gasteiger partial charge on any atom is -0.427 e. The molecule has 3 rings (SSSR count). The van der Waals surface area contributed by atoms with Gasteiger partial charge in [0.2, 0.25) is 0 Å². The van der Waals surface area contributed by atoms with E-state index in [1.54, 1.807) is 18.2 Å².